The zero-order chi connectivity index (χ0) is 14.7. The van der Waals surface area contributed by atoms with Crippen LogP contribution < -0.4 is 10.6 Å². The van der Waals surface area contributed by atoms with E-state index < -0.39 is 0 Å². The summed E-state index contributed by atoms with van der Waals surface area (Å²) in [5.74, 6) is 0.884. The number of benzene rings is 1. The van der Waals surface area contributed by atoms with Crippen molar-refractivity contribution in [1.29, 1.82) is 0 Å². The van der Waals surface area contributed by atoms with E-state index in [1.165, 1.54) is 32.1 Å². The lowest BCUT2D eigenvalue weighted by Gasteiger charge is -2.31. The highest BCUT2D eigenvalue weighted by Crippen LogP contribution is 2.32. The quantitative estimate of drug-likeness (QED) is 0.890. The van der Waals surface area contributed by atoms with Crippen molar-refractivity contribution in [3.05, 3.63) is 29.8 Å². The molecule has 0 radical (unpaired) electrons. The molecule has 0 spiro atoms. The summed E-state index contributed by atoms with van der Waals surface area (Å²) in [7, 11) is 0. The van der Waals surface area contributed by atoms with E-state index in [9.17, 15) is 4.79 Å². The Balaban J connectivity index is 1.66. The van der Waals surface area contributed by atoms with Crippen LogP contribution in [0.2, 0.25) is 0 Å². The van der Waals surface area contributed by atoms with Gasteiger partial charge in [0.25, 0.3) is 0 Å². The van der Waals surface area contributed by atoms with Crippen LogP contribution in [0, 0.1) is 5.92 Å². The minimum absolute atomic E-state index is 0.00786. The van der Waals surface area contributed by atoms with Crippen LogP contribution in [0.4, 0.5) is 5.69 Å². The molecule has 3 rings (SSSR count). The molecular weight excluding hydrogens is 260 g/mol. The van der Waals surface area contributed by atoms with E-state index in [1.54, 1.807) is 0 Å². The molecule has 1 amide bonds. The summed E-state index contributed by atoms with van der Waals surface area (Å²) in [4.78, 5) is 12.7. The molecule has 1 fully saturated rings. The molecule has 1 saturated carbocycles. The summed E-state index contributed by atoms with van der Waals surface area (Å²) in [5.41, 5.74) is 2.27. The molecule has 3 nitrogen and oxygen atoms in total. The lowest BCUT2D eigenvalue weighted by Crippen LogP contribution is -2.42. The largest absolute Gasteiger partial charge is 0.385 e. The van der Waals surface area contributed by atoms with Gasteiger partial charge in [0, 0.05) is 18.3 Å². The molecule has 2 aliphatic rings. The van der Waals surface area contributed by atoms with Crippen LogP contribution in [0.5, 0.6) is 0 Å². The van der Waals surface area contributed by atoms with E-state index in [2.05, 4.69) is 29.7 Å². The molecule has 0 saturated heterocycles. The average molecular weight is 286 g/mol. The highest BCUT2D eigenvalue weighted by molar-refractivity contribution is 5.86. The number of carbonyl (C=O) groups excluding carboxylic acids is 1. The third-order valence-corrected chi connectivity index (χ3v) is 5.13. The predicted octanol–water partition coefficient (Wildman–Crippen LogP) is 3.67. The van der Waals surface area contributed by atoms with Crippen LogP contribution in [-0.2, 0) is 4.79 Å². The first kappa shape index (κ1) is 14.4. The molecule has 1 aromatic rings. The molecule has 1 heterocycles. The molecule has 0 bridgehead atoms. The minimum atomic E-state index is 0.00786. The Kier molecular flexibility index (Phi) is 4.47. The van der Waals surface area contributed by atoms with Gasteiger partial charge in [-0.05, 0) is 43.7 Å². The Morgan fingerprint density at radius 2 is 1.95 bits per heavy atom. The number of nitrogens with one attached hydrogen (secondary N) is 2. The lowest BCUT2D eigenvalue weighted by atomic mass is 9.84. The lowest BCUT2D eigenvalue weighted by molar-refractivity contribution is -0.123. The summed E-state index contributed by atoms with van der Waals surface area (Å²) in [5, 5.41) is 6.68. The maximum atomic E-state index is 12.7. The van der Waals surface area contributed by atoms with Crippen molar-refractivity contribution < 1.29 is 4.79 Å². The number of anilines is 1. The van der Waals surface area contributed by atoms with Crippen molar-refractivity contribution in [2.24, 2.45) is 5.92 Å². The average Bonchev–Trinajstić information content (AvgIpc) is 2.55. The van der Waals surface area contributed by atoms with Crippen LogP contribution >= 0.6 is 0 Å². The number of fused-ring (bicyclic) bond motifs is 1. The molecular formula is C18H26N2O. The van der Waals surface area contributed by atoms with Crippen LogP contribution in [0.15, 0.2) is 24.3 Å². The summed E-state index contributed by atoms with van der Waals surface area (Å²) < 4.78 is 0. The van der Waals surface area contributed by atoms with Gasteiger partial charge in [0.1, 0.15) is 0 Å². The van der Waals surface area contributed by atoms with Crippen molar-refractivity contribution in [3.8, 4) is 0 Å². The molecule has 21 heavy (non-hydrogen) atoms. The highest BCUT2D eigenvalue weighted by atomic mass is 16.1. The van der Waals surface area contributed by atoms with Gasteiger partial charge in [-0.15, -0.1) is 0 Å². The van der Waals surface area contributed by atoms with Crippen molar-refractivity contribution in [1.82, 2.24) is 5.32 Å². The van der Waals surface area contributed by atoms with Crippen LogP contribution in [0.25, 0.3) is 0 Å². The van der Waals surface area contributed by atoms with E-state index >= 15 is 0 Å². The number of carbonyl (C=O) groups is 1. The second-order valence-corrected chi connectivity index (χ2v) is 6.55. The monoisotopic (exact) mass is 286 g/mol. The summed E-state index contributed by atoms with van der Waals surface area (Å²) in [6.07, 6.45) is 7.43. The third-order valence-electron chi connectivity index (χ3n) is 5.13. The Hall–Kier alpha value is -1.51. The molecule has 2 N–H and O–H groups in total. The zero-order valence-corrected chi connectivity index (χ0v) is 12.9. The second-order valence-electron chi connectivity index (χ2n) is 6.55. The second kappa shape index (κ2) is 6.50. The topological polar surface area (TPSA) is 41.1 Å². The number of amides is 1. The molecule has 0 aromatic heterocycles. The molecule has 2 atom stereocenters. The number of hydrogen-bond donors (Lipinski definition) is 2. The van der Waals surface area contributed by atoms with Gasteiger partial charge >= 0.3 is 0 Å². The van der Waals surface area contributed by atoms with Crippen LogP contribution in [0.1, 0.15) is 56.9 Å². The Morgan fingerprint density at radius 3 is 2.76 bits per heavy atom. The maximum Gasteiger partial charge on any atom is 0.227 e. The van der Waals surface area contributed by atoms with Crippen molar-refractivity contribution in [3.63, 3.8) is 0 Å². The van der Waals surface area contributed by atoms with Gasteiger partial charge in [-0.1, -0.05) is 37.5 Å². The van der Waals surface area contributed by atoms with Crippen LogP contribution in [-0.4, -0.2) is 18.5 Å². The number of hydrogen-bond acceptors (Lipinski definition) is 2. The van der Waals surface area contributed by atoms with Crippen LogP contribution in [0.3, 0.4) is 0 Å². The minimum Gasteiger partial charge on any atom is -0.385 e. The fourth-order valence-corrected chi connectivity index (χ4v) is 3.82. The molecule has 1 aliphatic heterocycles. The van der Waals surface area contributed by atoms with E-state index in [4.69, 9.17) is 0 Å². The fourth-order valence-electron chi connectivity index (χ4n) is 3.82. The van der Waals surface area contributed by atoms with Gasteiger partial charge in [0.05, 0.1) is 5.92 Å². The molecule has 1 unspecified atom stereocenters. The smallest absolute Gasteiger partial charge is 0.227 e. The first-order chi connectivity index (χ1) is 10.3. The van der Waals surface area contributed by atoms with Crippen molar-refractivity contribution >= 4 is 11.6 Å². The SMILES string of the molecule is C[C@H](NC(=O)C1CCNc2ccccc21)C1CCCCC1. The Bertz CT molecular complexity index is 494. The van der Waals surface area contributed by atoms with Gasteiger partial charge in [-0.25, -0.2) is 0 Å². The van der Waals surface area contributed by atoms with E-state index in [1.807, 2.05) is 12.1 Å². The molecule has 3 heteroatoms. The molecule has 1 aliphatic carbocycles. The van der Waals surface area contributed by atoms with Gasteiger partial charge in [0.15, 0.2) is 0 Å². The Labute approximate surface area is 127 Å². The predicted molar refractivity (Wildman–Crippen MR) is 86.5 cm³/mol. The fraction of sp³-hybridized carbons (Fsp3) is 0.611. The van der Waals surface area contributed by atoms with Crippen molar-refractivity contribution in [2.75, 3.05) is 11.9 Å². The van der Waals surface area contributed by atoms with Crippen molar-refractivity contribution in [2.45, 2.75) is 57.4 Å². The standard InChI is InChI=1S/C18H26N2O/c1-13(14-7-3-2-4-8-14)20-18(21)16-11-12-19-17-10-6-5-9-15(16)17/h5-6,9-10,13-14,16,19H,2-4,7-8,11-12H2,1H3,(H,20,21)/t13-,16?/m0/s1. The van der Waals surface area contributed by atoms with E-state index in [0.717, 1.165) is 24.2 Å². The summed E-state index contributed by atoms with van der Waals surface area (Å²) >= 11 is 0. The first-order valence-corrected chi connectivity index (χ1v) is 8.39. The highest BCUT2D eigenvalue weighted by Gasteiger charge is 2.29. The normalized spacial score (nSPS) is 23.8. The van der Waals surface area contributed by atoms with Gasteiger partial charge in [-0.2, -0.15) is 0 Å². The number of para-hydroxylation sites is 1. The number of rotatable bonds is 3. The maximum absolute atomic E-state index is 12.7. The third kappa shape index (κ3) is 3.22. The van der Waals surface area contributed by atoms with E-state index in [0.29, 0.717) is 12.0 Å². The summed E-state index contributed by atoms with van der Waals surface area (Å²) in [6.45, 7) is 3.06. The summed E-state index contributed by atoms with van der Waals surface area (Å²) in [6, 6.07) is 8.50. The van der Waals surface area contributed by atoms with Gasteiger partial charge in [0.2, 0.25) is 5.91 Å². The van der Waals surface area contributed by atoms with E-state index in [-0.39, 0.29) is 11.8 Å². The first-order valence-electron chi connectivity index (χ1n) is 8.39. The molecule has 114 valence electrons. The van der Waals surface area contributed by atoms with Gasteiger partial charge in [-0.3, -0.25) is 4.79 Å². The Morgan fingerprint density at radius 1 is 1.19 bits per heavy atom. The van der Waals surface area contributed by atoms with Gasteiger partial charge < -0.3 is 10.6 Å². The zero-order valence-electron chi connectivity index (χ0n) is 12.9. The molecule has 1 aromatic carbocycles.